The Labute approximate surface area is 103 Å². The number of amides is 1. The molecule has 96 valence electrons. The summed E-state index contributed by atoms with van der Waals surface area (Å²) in [7, 11) is 0. The summed E-state index contributed by atoms with van der Waals surface area (Å²) in [5.74, 6) is 2.42. The van der Waals surface area contributed by atoms with Crippen molar-refractivity contribution >= 4 is 5.91 Å². The van der Waals surface area contributed by atoms with Gasteiger partial charge in [-0.1, -0.05) is 13.8 Å². The molecule has 1 aromatic rings. The molecule has 0 atom stereocenters. The van der Waals surface area contributed by atoms with Crippen LogP contribution in [0.3, 0.4) is 0 Å². The van der Waals surface area contributed by atoms with E-state index in [1.165, 1.54) is 0 Å². The number of carbonyl (C=O) groups is 1. The van der Waals surface area contributed by atoms with Gasteiger partial charge in [0, 0.05) is 19.5 Å². The van der Waals surface area contributed by atoms with Crippen LogP contribution in [0.4, 0.5) is 0 Å². The fourth-order valence-electron chi connectivity index (χ4n) is 1.40. The number of carbonyl (C=O) groups excluding carboxylic acids is 1. The standard InChI is InChI=1S/C13H22N2O2/c1-10(2)8-15-13(16)6-7-14-9-12-5-4-11(3)17-12/h4-5,10,14H,6-9H2,1-3H3,(H,15,16). The summed E-state index contributed by atoms with van der Waals surface area (Å²) in [6, 6.07) is 3.88. The zero-order valence-electron chi connectivity index (χ0n) is 10.9. The fourth-order valence-corrected chi connectivity index (χ4v) is 1.40. The molecule has 2 N–H and O–H groups in total. The fraction of sp³-hybridized carbons (Fsp3) is 0.615. The maximum absolute atomic E-state index is 11.4. The topological polar surface area (TPSA) is 54.3 Å². The zero-order chi connectivity index (χ0) is 12.7. The number of hydrogen-bond donors (Lipinski definition) is 2. The SMILES string of the molecule is Cc1ccc(CNCCC(=O)NCC(C)C)o1. The lowest BCUT2D eigenvalue weighted by Crippen LogP contribution is -2.30. The highest BCUT2D eigenvalue weighted by Crippen LogP contribution is 2.05. The van der Waals surface area contributed by atoms with Gasteiger partial charge in [0.1, 0.15) is 11.5 Å². The molecule has 0 radical (unpaired) electrons. The van der Waals surface area contributed by atoms with Crippen LogP contribution in [0.5, 0.6) is 0 Å². The van der Waals surface area contributed by atoms with E-state index in [0.29, 0.717) is 25.4 Å². The van der Waals surface area contributed by atoms with Gasteiger partial charge >= 0.3 is 0 Å². The van der Waals surface area contributed by atoms with E-state index in [2.05, 4.69) is 24.5 Å². The first kappa shape index (κ1) is 13.8. The van der Waals surface area contributed by atoms with E-state index in [1.54, 1.807) is 0 Å². The Kier molecular flexibility index (Phi) is 5.77. The third kappa shape index (κ3) is 6.12. The van der Waals surface area contributed by atoms with Crippen molar-refractivity contribution in [2.45, 2.75) is 33.7 Å². The molecular weight excluding hydrogens is 216 g/mol. The Balaban J connectivity index is 2.06. The molecule has 1 heterocycles. The quantitative estimate of drug-likeness (QED) is 0.713. The summed E-state index contributed by atoms with van der Waals surface area (Å²) < 4.78 is 5.41. The third-order valence-electron chi connectivity index (χ3n) is 2.33. The molecule has 0 unspecified atom stereocenters. The van der Waals surface area contributed by atoms with Crippen LogP contribution < -0.4 is 10.6 Å². The van der Waals surface area contributed by atoms with Crippen LogP contribution in [0.25, 0.3) is 0 Å². The van der Waals surface area contributed by atoms with Crippen LogP contribution in [0.1, 0.15) is 31.8 Å². The summed E-state index contributed by atoms with van der Waals surface area (Å²) >= 11 is 0. The van der Waals surface area contributed by atoms with Crippen LogP contribution in [0.15, 0.2) is 16.5 Å². The molecule has 0 fully saturated rings. The number of hydrogen-bond acceptors (Lipinski definition) is 3. The van der Waals surface area contributed by atoms with Crippen molar-refractivity contribution in [2.24, 2.45) is 5.92 Å². The lowest BCUT2D eigenvalue weighted by atomic mass is 10.2. The first-order chi connectivity index (χ1) is 8.08. The molecule has 4 heteroatoms. The van der Waals surface area contributed by atoms with Crippen molar-refractivity contribution < 1.29 is 9.21 Å². The lowest BCUT2D eigenvalue weighted by Gasteiger charge is -2.07. The second-order valence-corrected chi connectivity index (χ2v) is 4.64. The van der Waals surface area contributed by atoms with Crippen LogP contribution in [0.2, 0.25) is 0 Å². The summed E-state index contributed by atoms with van der Waals surface area (Å²) in [4.78, 5) is 11.4. The normalized spacial score (nSPS) is 10.8. The largest absolute Gasteiger partial charge is 0.465 e. The van der Waals surface area contributed by atoms with E-state index in [9.17, 15) is 4.79 Å². The molecule has 0 aliphatic carbocycles. The van der Waals surface area contributed by atoms with Crippen LogP contribution in [0, 0.1) is 12.8 Å². The molecular formula is C13H22N2O2. The van der Waals surface area contributed by atoms with Crippen molar-refractivity contribution in [3.8, 4) is 0 Å². The summed E-state index contributed by atoms with van der Waals surface area (Å²) in [5, 5.41) is 6.06. The zero-order valence-corrected chi connectivity index (χ0v) is 10.9. The second-order valence-electron chi connectivity index (χ2n) is 4.64. The Morgan fingerprint density at radius 3 is 2.76 bits per heavy atom. The summed E-state index contributed by atoms with van der Waals surface area (Å²) in [6.45, 7) is 8.17. The van der Waals surface area contributed by atoms with Gasteiger partial charge in [0.05, 0.1) is 6.54 Å². The molecule has 0 saturated carbocycles. The van der Waals surface area contributed by atoms with Crippen LogP contribution in [-0.4, -0.2) is 19.0 Å². The van der Waals surface area contributed by atoms with Crippen molar-refractivity contribution in [1.29, 1.82) is 0 Å². The highest BCUT2D eigenvalue weighted by Gasteiger charge is 2.02. The first-order valence-corrected chi connectivity index (χ1v) is 6.10. The molecule has 1 aromatic heterocycles. The average molecular weight is 238 g/mol. The van der Waals surface area contributed by atoms with E-state index < -0.39 is 0 Å². The molecule has 0 saturated heterocycles. The van der Waals surface area contributed by atoms with Gasteiger partial charge in [-0.25, -0.2) is 0 Å². The number of furan rings is 1. The first-order valence-electron chi connectivity index (χ1n) is 6.10. The van der Waals surface area contributed by atoms with E-state index in [1.807, 2.05) is 19.1 Å². The predicted molar refractivity (Wildman–Crippen MR) is 67.6 cm³/mol. The second kappa shape index (κ2) is 7.12. The van der Waals surface area contributed by atoms with Crippen molar-refractivity contribution in [1.82, 2.24) is 10.6 Å². The monoisotopic (exact) mass is 238 g/mol. The van der Waals surface area contributed by atoms with Gasteiger partial charge in [-0.15, -0.1) is 0 Å². The Morgan fingerprint density at radius 1 is 1.41 bits per heavy atom. The molecule has 0 spiro atoms. The highest BCUT2D eigenvalue weighted by atomic mass is 16.3. The molecule has 1 rings (SSSR count). The molecule has 0 bridgehead atoms. The number of rotatable bonds is 7. The van der Waals surface area contributed by atoms with Crippen molar-refractivity contribution in [3.63, 3.8) is 0 Å². The predicted octanol–water partition coefficient (Wildman–Crippen LogP) is 1.84. The van der Waals surface area contributed by atoms with Gasteiger partial charge in [-0.3, -0.25) is 4.79 Å². The Morgan fingerprint density at radius 2 is 2.18 bits per heavy atom. The molecule has 0 aliphatic rings. The molecule has 0 aliphatic heterocycles. The van der Waals surface area contributed by atoms with E-state index >= 15 is 0 Å². The van der Waals surface area contributed by atoms with Gasteiger partial charge in [-0.2, -0.15) is 0 Å². The molecule has 17 heavy (non-hydrogen) atoms. The van der Waals surface area contributed by atoms with Gasteiger partial charge in [-0.05, 0) is 25.0 Å². The maximum Gasteiger partial charge on any atom is 0.221 e. The Hall–Kier alpha value is -1.29. The third-order valence-corrected chi connectivity index (χ3v) is 2.33. The van der Waals surface area contributed by atoms with Crippen molar-refractivity contribution in [3.05, 3.63) is 23.7 Å². The highest BCUT2D eigenvalue weighted by molar-refractivity contribution is 5.76. The molecule has 4 nitrogen and oxygen atoms in total. The number of aryl methyl sites for hydroxylation is 1. The van der Waals surface area contributed by atoms with Crippen molar-refractivity contribution in [2.75, 3.05) is 13.1 Å². The summed E-state index contributed by atoms with van der Waals surface area (Å²) in [6.07, 6.45) is 0.506. The van der Waals surface area contributed by atoms with Gasteiger partial charge in [0.25, 0.3) is 0 Å². The maximum atomic E-state index is 11.4. The van der Waals surface area contributed by atoms with Gasteiger partial charge in [0.15, 0.2) is 0 Å². The minimum absolute atomic E-state index is 0.0989. The van der Waals surface area contributed by atoms with Gasteiger partial charge in [0.2, 0.25) is 5.91 Å². The smallest absolute Gasteiger partial charge is 0.221 e. The van der Waals surface area contributed by atoms with Gasteiger partial charge < -0.3 is 15.1 Å². The average Bonchev–Trinajstić information content (AvgIpc) is 2.68. The molecule has 1 amide bonds. The number of nitrogens with one attached hydrogen (secondary N) is 2. The van der Waals surface area contributed by atoms with Crippen LogP contribution in [-0.2, 0) is 11.3 Å². The lowest BCUT2D eigenvalue weighted by molar-refractivity contribution is -0.121. The van der Waals surface area contributed by atoms with Crippen LogP contribution >= 0.6 is 0 Å². The molecule has 0 aromatic carbocycles. The van der Waals surface area contributed by atoms with E-state index in [4.69, 9.17) is 4.42 Å². The van der Waals surface area contributed by atoms with E-state index in [-0.39, 0.29) is 5.91 Å². The van der Waals surface area contributed by atoms with E-state index in [0.717, 1.165) is 18.1 Å². The minimum atomic E-state index is 0.0989. The minimum Gasteiger partial charge on any atom is -0.465 e. The Bertz CT molecular complexity index is 345. The summed E-state index contributed by atoms with van der Waals surface area (Å²) in [5.41, 5.74) is 0.